The van der Waals surface area contributed by atoms with Gasteiger partial charge in [0, 0.05) is 18.9 Å². The normalized spacial score (nSPS) is 21.2. The highest BCUT2D eigenvalue weighted by atomic mass is 32.1. The van der Waals surface area contributed by atoms with E-state index in [1.54, 1.807) is 14.2 Å². The Morgan fingerprint density at radius 1 is 1.26 bits per heavy atom. The molecule has 0 spiro atoms. The summed E-state index contributed by atoms with van der Waals surface area (Å²) in [5, 5.41) is 3.36. The Labute approximate surface area is 184 Å². The highest BCUT2D eigenvalue weighted by Gasteiger charge is 2.43. The number of rotatable bonds is 5. The predicted octanol–water partition coefficient (Wildman–Crippen LogP) is 3.95. The van der Waals surface area contributed by atoms with Gasteiger partial charge in [-0.05, 0) is 54.4 Å². The van der Waals surface area contributed by atoms with Crippen molar-refractivity contribution in [3.63, 3.8) is 0 Å². The van der Waals surface area contributed by atoms with Gasteiger partial charge < -0.3 is 15.0 Å². The van der Waals surface area contributed by atoms with E-state index >= 15 is 0 Å². The second-order valence-corrected chi connectivity index (χ2v) is 9.27. The number of aromatic nitrogens is 3. The summed E-state index contributed by atoms with van der Waals surface area (Å²) in [6.07, 6.45) is 6.67. The summed E-state index contributed by atoms with van der Waals surface area (Å²) in [4.78, 5) is 33.3. The third-order valence-corrected chi connectivity index (χ3v) is 7.40. The topological polar surface area (TPSA) is 97.0 Å². The molecule has 162 valence electrons. The van der Waals surface area contributed by atoms with Gasteiger partial charge in [-0.1, -0.05) is 25.3 Å². The standard InChI is InChI=1S/C23H26N4O3S/c1-24-21(28)16-11-15(16)13-8-9-14(17(10-13)30-2)20-25-22(29)18-19(27-31-23(18)26-20)12-6-4-3-5-7-12/h8-10,12,15-16H,3-7,11H2,1-2H3,(H,24,28)(H,25,26,29)/t15-,16+/m0/s1. The minimum Gasteiger partial charge on any atom is -0.496 e. The molecule has 0 radical (unpaired) electrons. The van der Waals surface area contributed by atoms with Crippen molar-refractivity contribution in [2.24, 2.45) is 5.92 Å². The molecule has 1 amide bonds. The summed E-state index contributed by atoms with van der Waals surface area (Å²) >= 11 is 1.30. The van der Waals surface area contributed by atoms with Crippen molar-refractivity contribution in [1.29, 1.82) is 0 Å². The van der Waals surface area contributed by atoms with Gasteiger partial charge in [0.15, 0.2) is 4.83 Å². The van der Waals surface area contributed by atoms with Gasteiger partial charge in [0.25, 0.3) is 5.56 Å². The predicted molar refractivity (Wildman–Crippen MR) is 121 cm³/mol. The molecule has 2 aromatic heterocycles. The van der Waals surface area contributed by atoms with E-state index in [9.17, 15) is 9.59 Å². The second kappa shape index (κ2) is 8.07. The van der Waals surface area contributed by atoms with Gasteiger partial charge in [0.1, 0.15) is 17.0 Å². The van der Waals surface area contributed by atoms with Crippen molar-refractivity contribution in [3.05, 3.63) is 39.8 Å². The number of methoxy groups -OCH3 is 1. The summed E-state index contributed by atoms with van der Waals surface area (Å²) < 4.78 is 10.2. The first-order valence-corrected chi connectivity index (χ1v) is 11.7. The maximum atomic E-state index is 13.0. The molecule has 7 nitrogen and oxygen atoms in total. The molecule has 8 heteroatoms. The van der Waals surface area contributed by atoms with Crippen LogP contribution in [0.3, 0.4) is 0 Å². The quantitative estimate of drug-likeness (QED) is 0.629. The van der Waals surface area contributed by atoms with Gasteiger partial charge in [0.05, 0.1) is 18.4 Å². The molecule has 5 rings (SSSR count). The highest BCUT2D eigenvalue weighted by Crippen LogP contribution is 2.49. The molecule has 2 fully saturated rings. The van der Waals surface area contributed by atoms with Crippen LogP contribution in [0.5, 0.6) is 5.75 Å². The van der Waals surface area contributed by atoms with E-state index in [-0.39, 0.29) is 23.3 Å². The fraction of sp³-hybridized carbons (Fsp3) is 0.478. The van der Waals surface area contributed by atoms with E-state index in [4.69, 9.17) is 9.72 Å². The van der Waals surface area contributed by atoms with Crippen LogP contribution in [0.1, 0.15) is 61.6 Å². The Hall–Kier alpha value is -2.74. The lowest BCUT2D eigenvalue weighted by Gasteiger charge is -2.19. The number of carbonyl (C=O) groups is 1. The van der Waals surface area contributed by atoms with Crippen LogP contribution in [0.25, 0.3) is 21.6 Å². The number of nitrogens with zero attached hydrogens (tertiary/aromatic N) is 2. The Balaban J connectivity index is 1.49. The molecule has 0 saturated heterocycles. The Bertz CT molecular complexity index is 1200. The van der Waals surface area contributed by atoms with Crippen molar-refractivity contribution in [2.45, 2.75) is 50.4 Å². The van der Waals surface area contributed by atoms with Crippen molar-refractivity contribution < 1.29 is 9.53 Å². The smallest absolute Gasteiger partial charge is 0.261 e. The molecule has 31 heavy (non-hydrogen) atoms. The monoisotopic (exact) mass is 438 g/mol. The van der Waals surface area contributed by atoms with Crippen LogP contribution in [0.4, 0.5) is 0 Å². The number of amides is 1. The molecule has 0 aliphatic heterocycles. The number of H-pyrrole nitrogens is 1. The van der Waals surface area contributed by atoms with Gasteiger partial charge in [-0.15, -0.1) is 0 Å². The maximum Gasteiger partial charge on any atom is 0.261 e. The minimum absolute atomic E-state index is 0.0187. The molecule has 3 aromatic rings. The average molecular weight is 439 g/mol. The Morgan fingerprint density at radius 3 is 2.81 bits per heavy atom. The maximum absolute atomic E-state index is 13.0. The van der Waals surface area contributed by atoms with Gasteiger partial charge in [-0.2, -0.15) is 4.37 Å². The molecule has 2 atom stereocenters. The van der Waals surface area contributed by atoms with Gasteiger partial charge in [-0.25, -0.2) is 4.98 Å². The zero-order valence-corrected chi connectivity index (χ0v) is 18.6. The van der Waals surface area contributed by atoms with Crippen molar-refractivity contribution in [2.75, 3.05) is 14.2 Å². The first kappa shape index (κ1) is 20.2. The fourth-order valence-electron chi connectivity index (χ4n) is 4.84. The molecule has 2 aliphatic carbocycles. The average Bonchev–Trinajstić information content (AvgIpc) is 3.50. The van der Waals surface area contributed by atoms with Crippen molar-refractivity contribution in [3.8, 4) is 17.1 Å². The van der Waals surface area contributed by atoms with E-state index in [1.807, 2.05) is 18.2 Å². The number of fused-ring (bicyclic) bond motifs is 1. The third kappa shape index (κ3) is 3.63. The fourth-order valence-corrected chi connectivity index (χ4v) is 5.68. The molecule has 0 bridgehead atoms. The number of carbonyl (C=O) groups excluding carboxylic acids is 1. The molecule has 0 unspecified atom stereocenters. The summed E-state index contributed by atoms with van der Waals surface area (Å²) in [6, 6.07) is 5.86. The van der Waals surface area contributed by atoms with Crippen LogP contribution in [0, 0.1) is 5.92 Å². The zero-order valence-electron chi connectivity index (χ0n) is 17.7. The first-order valence-electron chi connectivity index (χ1n) is 10.9. The lowest BCUT2D eigenvalue weighted by Crippen LogP contribution is -2.20. The van der Waals surface area contributed by atoms with Gasteiger partial charge in [0.2, 0.25) is 5.91 Å². The summed E-state index contributed by atoms with van der Waals surface area (Å²) in [6.45, 7) is 0. The lowest BCUT2D eigenvalue weighted by atomic mass is 9.86. The van der Waals surface area contributed by atoms with E-state index < -0.39 is 0 Å². The largest absolute Gasteiger partial charge is 0.496 e. The molecule has 1 aromatic carbocycles. The minimum atomic E-state index is -0.137. The molecule has 2 N–H and O–H groups in total. The van der Waals surface area contributed by atoms with Crippen molar-refractivity contribution in [1.82, 2.24) is 19.7 Å². The molecule has 2 aliphatic rings. The van der Waals surface area contributed by atoms with Crippen LogP contribution in [-0.2, 0) is 4.79 Å². The van der Waals surface area contributed by atoms with E-state index in [0.29, 0.717) is 27.7 Å². The summed E-state index contributed by atoms with van der Waals surface area (Å²) in [5.41, 5.74) is 2.57. The van der Waals surface area contributed by atoms with Crippen LogP contribution >= 0.6 is 11.5 Å². The number of aromatic amines is 1. The first-order chi connectivity index (χ1) is 15.1. The van der Waals surface area contributed by atoms with E-state index in [1.165, 1.54) is 30.8 Å². The number of ether oxygens (including phenoxy) is 1. The van der Waals surface area contributed by atoms with Crippen molar-refractivity contribution >= 4 is 27.7 Å². The van der Waals surface area contributed by atoms with Crippen LogP contribution in [-0.4, -0.2) is 34.4 Å². The van der Waals surface area contributed by atoms with Crippen LogP contribution in [0.2, 0.25) is 0 Å². The highest BCUT2D eigenvalue weighted by molar-refractivity contribution is 7.12. The molecular weight excluding hydrogens is 412 g/mol. The number of benzene rings is 1. The second-order valence-electron chi connectivity index (χ2n) is 8.52. The van der Waals surface area contributed by atoms with E-state index in [0.717, 1.165) is 36.1 Å². The number of nitrogens with one attached hydrogen (secondary N) is 2. The van der Waals surface area contributed by atoms with Crippen LogP contribution < -0.4 is 15.6 Å². The van der Waals surface area contributed by atoms with E-state index in [2.05, 4.69) is 14.7 Å². The Morgan fingerprint density at radius 2 is 2.06 bits per heavy atom. The number of hydrogen-bond donors (Lipinski definition) is 2. The third-order valence-electron chi connectivity index (χ3n) is 6.65. The SMILES string of the molecule is CNC(=O)[C@@H]1C[C@H]1c1ccc(-c2nc3snc(C4CCCCC4)c3c(=O)[nH]2)c(OC)c1. The van der Waals surface area contributed by atoms with Gasteiger partial charge in [-0.3, -0.25) is 9.59 Å². The molecular formula is C23H26N4O3S. The number of hydrogen-bond acceptors (Lipinski definition) is 6. The van der Waals surface area contributed by atoms with Gasteiger partial charge >= 0.3 is 0 Å². The lowest BCUT2D eigenvalue weighted by molar-refractivity contribution is -0.121. The summed E-state index contributed by atoms with van der Waals surface area (Å²) in [7, 11) is 3.27. The molecule has 2 heterocycles. The summed E-state index contributed by atoms with van der Waals surface area (Å²) in [5.74, 6) is 1.78. The Kier molecular flexibility index (Phi) is 5.25. The van der Waals surface area contributed by atoms with Crippen LogP contribution in [0.15, 0.2) is 23.0 Å². The molecule has 2 saturated carbocycles. The zero-order chi connectivity index (χ0) is 21.5.